The second-order valence-corrected chi connectivity index (χ2v) is 28.5. The van der Waals surface area contributed by atoms with Gasteiger partial charge in [-0.25, -0.2) is 68.0 Å². The standard InChI is InChI=1S/C24H27BrF3N5O.C17H15F4IN4O.C10H14F2N4.C7H3BrF2O2.C7H13N/c1-15-12-19(31-22(29-15)33-10-6-24(27,28)7-11-33)30-21(34)20-17(26)13-16(25)14-18(20)32-8-4-23(2-3-23)5-9-32;1-9-6-13(24-15(27)14-11(18)7-10(22)8-12(14)19)25-16(23-9)26-4-2-17(20,21)3-5-26;1-7-6-8(13)15-9(14-7)16-4-2-10(11,12)3-5-16;8-3-1-4(9)6(7(11)12)5(10)2-3;1-2-7(1)3-5-8-6-4-7/h12-14H,2-11H2,1H3,(H,29,30,31,34);6-8H,2-5H2,1H3,(H,23,24,25,27);6H,2-5H2,1H3,(H2,13,14,15);1-2H,(H,11,12);8H,1-6H2. The number of nitrogens with zero attached hydrogens (tertiary/aromatic N) is 10. The molecule has 2 saturated carbocycles. The van der Waals surface area contributed by atoms with Crippen molar-refractivity contribution < 1.29 is 67.8 Å². The third kappa shape index (κ3) is 20.7. The predicted molar refractivity (Wildman–Crippen MR) is 361 cm³/mol. The van der Waals surface area contributed by atoms with E-state index in [2.05, 4.69) is 82.6 Å². The third-order valence-corrected chi connectivity index (χ3v) is 19.4. The van der Waals surface area contributed by atoms with Crippen LogP contribution in [0.25, 0.3) is 0 Å². The lowest BCUT2D eigenvalue weighted by Crippen LogP contribution is -2.40. The van der Waals surface area contributed by atoms with Crippen LogP contribution in [0.1, 0.15) is 138 Å². The number of aromatic nitrogens is 6. The maximum atomic E-state index is 15.1. The molecule has 524 valence electrons. The van der Waals surface area contributed by atoms with Crippen molar-refractivity contribution in [1.29, 1.82) is 0 Å². The third-order valence-electron chi connectivity index (χ3n) is 17.8. The smallest absolute Gasteiger partial charge is 0.341 e. The first kappa shape index (κ1) is 74.4. The topological polar surface area (TPSA) is 224 Å². The van der Waals surface area contributed by atoms with Crippen molar-refractivity contribution in [2.75, 3.05) is 101 Å². The number of anilines is 7. The van der Waals surface area contributed by atoms with Crippen LogP contribution in [0.2, 0.25) is 0 Å². The first-order valence-corrected chi connectivity index (χ1v) is 34.1. The first-order chi connectivity index (χ1) is 45.7. The number of halogens is 14. The molecule has 3 aromatic carbocycles. The second kappa shape index (κ2) is 31.2. The van der Waals surface area contributed by atoms with Gasteiger partial charge in [0.25, 0.3) is 29.6 Å². The molecule has 3 aromatic heterocycles. The molecule has 97 heavy (non-hydrogen) atoms. The van der Waals surface area contributed by atoms with E-state index >= 15 is 4.39 Å². The molecule has 8 heterocycles. The number of piperidine rings is 5. The number of nitrogen functional groups attached to an aromatic ring is 1. The number of aryl methyl sites for hydroxylation is 3. The van der Waals surface area contributed by atoms with Crippen molar-refractivity contribution in [3.8, 4) is 0 Å². The van der Waals surface area contributed by atoms with Gasteiger partial charge >= 0.3 is 5.97 Å². The van der Waals surface area contributed by atoms with Gasteiger partial charge in [-0.2, -0.15) is 15.0 Å². The van der Waals surface area contributed by atoms with E-state index in [1.165, 1.54) is 63.7 Å². The lowest BCUT2D eigenvalue weighted by Gasteiger charge is -2.35. The van der Waals surface area contributed by atoms with Gasteiger partial charge in [0.15, 0.2) is 0 Å². The van der Waals surface area contributed by atoms with Crippen molar-refractivity contribution in [2.45, 2.75) is 128 Å². The van der Waals surface area contributed by atoms with E-state index in [4.69, 9.17) is 10.8 Å². The van der Waals surface area contributed by atoms with Gasteiger partial charge in [0.05, 0.1) is 11.3 Å². The molecule has 6 aromatic rings. The number of carboxylic acids is 1. The van der Waals surface area contributed by atoms with Gasteiger partial charge in [0.2, 0.25) is 17.8 Å². The number of carbonyl (C=O) groups excluding carboxylic acids is 2. The summed E-state index contributed by atoms with van der Waals surface area (Å²) in [5.41, 5.74) is 7.62. The summed E-state index contributed by atoms with van der Waals surface area (Å²) in [6.45, 7) is 10.3. The summed E-state index contributed by atoms with van der Waals surface area (Å²) in [6.07, 6.45) is 9.09. The van der Waals surface area contributed by atoms with Gasteiger partial charge in [-0.05, 0) is 155 Å². The molecule has 0 atom stereocenters. The summed E-state index contributed by atoms with van der Waals surface area (Å²) in [5.74, 6) is -14.3. The van der Waals surface area contributed by atoms with E-state index < -0.39 is 75.8 Å². The molecule has 2 aliphatic carbocycles. The van der Waals surface area contributed by atoms with Crippen LogP contribution in [0, 0.1) is 64.3 Å². The lowest BCUT2D eigenvalue weighted by atomic mass is 9.93. The second-order valence-electron chi connectivity index (χ2n) is 25.4. The predicted octanol–water partition coefficient (Wildman–Crippen LogP) is 14.9. The van der Waals surface area contributed by atoms with Crippen LogP contribution in [0.5, 0.6) is 0 Å². The highest BCUT2D eigenvalue weighted by atomic mass is 127. The number of carbonyl (C=O) groups is 3. The average molecular weight is 1610 g/mol. The number of aromatic carboxylic acids is 1. The van der Waals surface area contributed by atoms with Crippen molar-refractivity contribution in [3.05, 3.63) is 130 Å². The minimum atomic E-state index is -2.71. The minimum Gasteiger partial charge on any atom is -0.477 e. The Kier molecular flexibility index (Phi) is 23.9. The fourth-order valence-corrected chi connectivity index (χ4v) is 13.1. The van der Waals surface area contributed by atoms with E-state index in [-0.39, 0.29) is 111 Å². The van der Waals surface area contributed by atoms with Crippen molar-refractivity contribution in [2.24, 2.45) is 10.8 Å². The average Bonchev–Trinajstić information content (AvgIpc) is 1.67. The number of carboxylic acid groups (broad SMARTS) is 1. The first-order valence-electron chi connectivity index (χ1n) is 31.5. The highest BCUT2D eigenvalue weighted by molar-refractivity contribution is 14.1. The van der Waals surface area contributed by atoms with Gasteiger partial charge in [-0.15, -0.1) is 0 Å². The maximum absolute atomic E-state index is 15.1. The van der Waals surface area contributed by atoms with Crippen molar-refractivity contribution >= 4 is 113 Å². The number of rotatable bonds is 9. The molecule has 5 saturated heterocycles. The summed E-state index contributed by atoms with van der Waals surface area (Å²) in [4.78, 5) is 68.2. The Hall–Kier alpha value is -6.81. The van der Waals surface area contributed by atoms with Gasteiger partial charge in [-0.1, -0.05) is 31.9 Å². The van der Waals surface area contributed by atoms with E-state index in [0.29, 0.717) is 42.3 Å². The van der Waals surface area contributed by atoms with Crippen LogP contribution in [-0.4, -0.2) is 136 Å². The fourth-order valence-electron chi connectivity index (χ4n) is 11.8. The molecule has 2 spiro atoms. The molecule has 7 aliphatic rings. The molecular weight excluding hydrogens is 1540 g/mol. The zero-order valence-electron chi connectivity index (χ0n) is 53.2. The Labute approximate surface area is 583 Å². The van der Waals surface area contributed by atoms with E-state index in [1.807, 2.05) is 0 Å². The highest BCUT2D eigenvalue weighted by Gasteiger charge is 2.46. The molecule has 32 heteroatoms. The van der Waals surface area contributed by atoms with E-state index in [0.717, 1.165) is 61.3 Å². The summed E-state index contributed by atoms with van der Waals surface area (Å²) in [6, 6.07) is 11.6. The number of nitrogens with two attached hydrogens (primary N) is 1. The molecular formula is C65H72Br2F11IN14O4. The largest absolute Gasteiger partial charge is 0.477 e. The number of hydrogen-bond acceptors (Lipinski definition) is 15. The molecule has 13 rings (SSSR count). The lowest BCUT2D eigenvalue weighted by molar-refractivity contribution is -0.0229. The van der Waals surface area contributed by atoms with E-state index in [9.17, 15) is 58.3 Å². The van der Waals surface area contributed by atoms with Crippen LogP contribution in [0.3, 0.4) is 0 Å². The summed E-state index contributed by atoms with van der Waals surface area (Å²) < 4.78 is 149. The van der Waals surface area contributed by atoms with Crippen LogP contribution >= 0.6 is 54.5 Å². The molecule has 6 N–H and O–H groups in total. The molecule has 2 amide bonds. The Morgan fingerprint density at radius 2 is 0.804 bits per heavy atom. The minimum absolute atomic E-state index is 0.0228. The number of nitrogens with one attached hydrogen (secondary N) is 3. The highest BCUT2D eigenvalue weighted by Crippen LogP contribution is 2.54. The molecule has 0 radical (unpaired) electrons. The molecule has 0 bridgehead atoms. The number of alkyl halides is 6. The van der Waals surface area contributed by atoms with Crippen LogP contribution in [-0.2, 0) is 0 Å². The number of amides is 2. The van der Waals surface area contributed by atoms with Crippen LogP contribution in [0.4, 0.5) is 89.3 Å². The Bertz CT molecular complexity index is 3760. The molecule has 18 nitrogen and oxygen atoms in total. The zero-order valence-corrected chi connectivity index (χ0v) is 58.5. The quantitative estimate of drug-likeness (QED) is 0.0670. The van der Waals surface area contributed by atoms with Gasteiger partial charge in [-0.3, -0.25) is 9.59 Å². The SMILES string of the molecule is C1CC2(CCN1)CC2.Cc1cc(N)nc(N2CCC(F)(F)CC2)n1.Cc1cc(NC(=O)c2c(F)cc(Br)cc2N2CCC3(CC2)CC3)nc(N2CCC(F)(F)CC2)n1.Cc1cc(NC(=O)c2c(F)cc(I)cc2F)nc(N2CCC(F)(F)CC2)n1.O=C(O)c1c(F)cc(Br)cc1F. The molecule has 5 aliphatic heterocycles. The van der Waals surface area contributed by atoms with Gasteiger partial charge < -0.3 is 46.4 Å². The normalized spacial score (nSPS) is 19.1. The summed E-state index contributed by atoms with van der Waals surface area (Å²) in [5, 5.41) is 16.8. The number of benzene rings is 3. The Morgan fingerprint density at radius 3 is 1.19 bits per heavy atom. The molecule has 7 fully saturated rings. The van der Waals surface area contributed by atoms with Gasteiger partial charge in [0.1, 0.15) is 57.7 Å². The zero-order chi connectivity index (χ0) is 70.4. The fraction of sp³-hybridized carbons (Fsp3) is 0.492. The van der Waals surface area contributed by atoms with Crippen molar-refractivity contribution in [1.82, 2.24) is 35.2 Å². The van der Waals surface area contributed by atoms with Crippen LogP contribution < -0.4 is 41.3 Å². The summed E-state index contributed by atoms with van der Waals surface area (Å²) >= 11 is 7.92. The summed E-state index contributed by atoms with van der Waals surface area (Å²) in [7, 11) is 0. The monoisotopic (exact) mass is 1610 g/mol. The Morgan fingerprint density at radius 1 is 0.464 bits per heavy atom. The molecule has 0 unspecified atom stereocenters. The number of hydrogen-bond donors (Lipinski definition) is 5. The van der Waals surface area contributed by atoms with E-state index in [1.54, 1.807) is 76.3 Å². The van der Waals surface area contributed by atoms with Crippen molar-refractivity contribution in [3.63, 3.8) is 0 Å². The Balaban J connectivity index is 0.000000154. The maximum Gasteiger partial charge on any atom is 0.341 e. The van der Waals surface area contributed by atoms with Crippen LogP contribution in [0.15, 0.2) is 63.5 Å². The van der Waals surface area contributed by atoms with Gasteiger partial charge in [0, 0.05) is 139 Å².